The van der Waals surface area contributed by atoms with Gasteiger partial charge in [0, 0.05) is 0 Å². The largest absolute Gasteiger partial charge is 0.389 e. The predicted molar refractivity (Wildman–Crippen MR) is 70.2 cm³/mol. The molecule has 0 aromatic carbocycles. The molecule has 1 nitrogen and oxygen atoms in total. The third-order valence-electron chi connectivity index (χ3n) is 3.03. The van der Waals surface area contributed by atoms with E-state index in [1.54, 1.807) is 0 Å². The highest BCUT2D eigenvalue weighted by Crippen LogP contribution is 2.24. The smallest absolute Gasteiger partial charge is 0.0729 e. The van der Waals surface area contributed by atoms with Gasteiger partial charge in [-0.1, -0.05) is 43.7 Å². The van der Waals surface area contributed by atoms with Crippen LogP contribution in [0, 0.1) is 11.8 Å². The molecule has 0 aromatic rings. The van der Waals surface area contributed by atoms with Gasteiger partial charge in [-0.3, -0.25) is 0 Å². The van der Waals surface area contributed by atoms with E-state index < -0.39 is 0 Å². The minimum absolute atomic E-state index is 0.311. The average molecular weight is 220 g/mol. The number of hydrogen-bond donors (Lipinski definition) is 1. The SMILES string of the molecule is CC(C)=CC(O)C[C@@H](C)C1=CCC(C)C=C1. The Morgan fingerprint density at radius 2 is 2.25 bits per heavy atom. The molecule has 0 heterocycles. The molecule has 0 saturated heterocycles. The monoisotopic (exact) mass is 220 g/mol. The van der Waals surface area contributed by atoms with Gasteiger partial charge in [-0.15, -0.1) is 0 Å². The van der Waals surface area contributed by atoms with Gasteiger partial charge >= 0.3 is 0 Å². The van der Waals surface area contributed by atoms with E-state index in [1.165, 1.54) is 11.1 Å². The van der Waals surface area contributed by atoms with Gasteiger partial charge in [-0.2, -0.15) is 0 Å². The first kappa shape index (κ1) is 13.2. The fraction of sp³-hybridized carbons (Fsp3) is 0.600. The molecule has 16 heavy (non-hydrogen) atoms. The van der Waals surface area contributed by atoms with Gasteiger partial charge in [-0.05, 0) is 44.1 Å². The van der Waals surface area contributed by atoms with Crippen LogP contribution < -0.4 is 0 Å². The van der Waals surface area contributed by atoms with Crippen LogP contribution in [-0.2, 0) is 0 Å². The molecule has 90 valence electrons. The molecule has 1 aliphatic rings. The Balaban J connectivity index is 2.50. The van der Waals surface area contributed by atoms with Gasteiger partial charge in [0.2, 0.25) is 0 Å². The van der Waals surface area contributed by atoms with Crippen LogP contribution in [0.5, 0.6) is 0 Å². The van der Waals surface area contributed by atoms with E-state index in [-0.39, 0.29) is 6.10 Å². The molecule has 0 spiro atoms. The molecule has 0 aliphatic heterocycles. The van der Waals surface area contributed by atoms with Gasteiger partial charge < -0.3 is 5.11 Å². The molecule has 0 bridgehead atoms. The maximum absolute atomic E-state index is 9.84. The van der Waals surface area contributed by atoms with E-state index in [0.717, 1.165) is 12.8 Å². The van der Waals surface area contributed by atoms with E-state index in [0.29, 0.717) is 11.8 Å². The molecule has 0 radical (unpaired) electrons. The lowest BCUT2D eigenvalue weighted by molar-refractivity contribution is 0.197. The first-order valence-corrected chi connectivity index (χ1v) is 6.20. The minimum Gasteiger partial charge on any atom is -0.389 e. The van der Waals surface area contributed by atoms with Crippen LogP contribution in [0.15, 0.2) is 35.5 Å². The lowest BCUT2D eigenvalue weighted by Gasteiger charge is -2.19. The summed E-state index contributed by atoms with van der Waals surface area (Å²) in [6, 6.07) is 0. The molecule has 0 aromatic heterocycles. The maximum atomic E-state index is 9.84. The fourth-order valence-electron chi connectivity index (χ4n) is 2.06. The summed E-state index contributed by atoms with van der Waals surface area (Å²) in [6.45, 7) is 8.46. The summed E-state index contributed by atoms with van der Waals surface area (Å²) >= 11 is 0. The zero-order valence-corrected chi connectivity index (χ0v) is 10.9. The summed E-state index contributed by atoms with van der Waals surface area (Å²) < 4.78 is 0. The van der Waals surface area contributed by atoms with E-state index in [9.17, 15) is 5.11 Å². The van der Waals surface area contributed by atoms with Crippen LogP contribution >= 0.6 is 0 Å². The van der Waals surface area contributed by atoms with Crippen molar-refractivity contribution in [2.75, 3.05) is 0 Å². The van der Waals surface area contributed by atoms with E-state index in [4.69, 9.17) is 0 Å². The summed E-state index contributed by atoms with van der Waals surface area (Å²) in [5.41, 5.74) is 2.56. The Labute approximate surface area is 99.6 Å². The molecule has 1 heteroatoms. The van der Waals surface area contributed by atoms with Crippen LogP contribution in [0.2, 0.25) is 0 Å². The average Bonchev–Trinajstić information content (AvgIpc) is 2.16. The lowest BCUT2D eigenvalue weighted by Crippen LogP contribution is -2.12. The highest BCUT2D eigenvalue weighted by Gasteiger charge is 2.13. The van der Waals surface area contributed by atoms with Crippen molar-refractivity contribution in [2.45, 2.75) is 46.6 Å². The maximum Gasteiger partial charge on any atom is 0.0729 e. The number of rotatable bonds is 4. The van der Waals surface area contributed by atoms with Crippen molar-refractivity contribution in [3.8, 4) is 0 Å². The Morgan fingerprint density at radius 3 is 2.75 bits per heavy atom. The fourth-order valence-corrected chi connectivity index (χ4v) is 2.06. The summed E-state index contributed by atoms with van der Waals surface area (Å²) in [7, 11) is 0. The Hall–Kier alpha value is -0.820. The first-order valence-electron chi connectivity index (χ1n) is 6.20. The van der Waals surface area contributed by atoms with E-state index in [1.807, 2.05) is 19.9 Å². The Morgan fingerprint density at radius 1 is 1.56 bits per heavy atom. The van der Waals surface area contributed by atoms with Crippen LogP contribution in [0.3, 0.4) is 0 Å². The second-order valence-corrected chi connectivity index (χ2v) is 5.22. The highest BCUT2D eigenvalue weighted by atomic mass is 16.3. The summed E-state index contributed by atoms with van der Waals surface area (Å²) in [6.07, 6.45) is 10.4. The standard InChI is InChI=1S/C15H24O/c1-11(2)9-15(16)10-13(4)14-7-5-12(3)6-8-14/h5,7-9,12-13,15-16H,6,10H2,1-4H3/t12?,13-,15?/m1/s1. The summed E-state index contributed by atoms with van der Waals surface area (Å²) in [5.74, 6) is 1.10. The Kier molecular flexibility index (Phi) is 5.01. The van der Waals surface area contributed by atoms with Crippen molar-refractivity contribution >= 4 is 0 Å². The predicted octanol–water partition coefficient (Wildman–Crippen LogP) is 3.86. The molecule has 2 unspecified atom stereocenters. The van der Waals surface area contributed by atoms with Gasteiger partial charge in [0.15, 0.2) is 0 Å². The molecule has 0 amide bonds. The van der Waals surface area contributed by atoms with Crippen molar-refractivity contribution < 1.29 is 5.11 Å². The minimum atomic E-state index is -0.311. The normalized spacial score (nSPS) is 23.6. The molecule has 0 fully saturated rings. The molecule has 3 atom stereocenters. The summed E-state index contributed by atoms with van der Waals surface area (Å²) in [5, 5.41) is 9.84. The van der Waals surface area contributed by atoms with Gasteiger partial charge in [0.1, 0.15) is 0 Å². The van der Waals surface area contributed by atoms with Gasteiger partial charge in [0.25, 0.3) is 0 Å². The zero-order valence-electron chi connectivity index (χ0n) is 10.9. The van der Waals surface area contributed by atoms with Crippen LogP contribution in [0.25, 0.3) is 0 Å². The van der Waals surface area contributed by atoms with E-state index >= 15 is 0 Å². The van der Waals surface area contributed by atoms with Crippen molar-refractivity contribution in [1.29, 1.82) is 0 Å². The number of hydrogen-bond acceptors (Lipinski definition) is 1. The van der Waals surface area contributed by atoms with Crippen molar-refractivity contribution in [3.63, 3.8) is 0 Å². The van der Waals surface area contributed by atoms with Crippen LogP contribution in [0.1, 0.15) is 40.5 Å². The topological polar surface area (TPSA) is 20.2 Å². The molecule has 1 N–H and O–H groups in total. The highest BCUT2D eigenvalue weighted by molar-refractivity contribution is 5.25. The quantitative estimate of drug-likeness (QED) is 0.713. The number of allylic oxidation sites excluding steroid dienone is 5. The molecule has 1 aliphatic carbocycles. The lowest BCUT2D eigenvalue weighted by atomic mass is 9.88. The molecule has 0 saturated carbocycles. The first-order chi connectivity index (χ1) is 7.49. The Bertz CT molecular complexity index is 305. The number of aliphatic hydroxyl groups excluding tert-OH is 1. The second-order valence-electron chi connectivity index (χ2n) is 5.22. The van der Waals surface area contributed by atoms with Crippen molar-refractivity contribution in [3.05, 3.63) is 35.5 Å². The third-order valence-corrected chi connectivity index (χ3v) is 3.03. The van der Waals surface area contributed by atoms with Crippen molar-refractivity contribution in [1.82, 2.24) is 0 Å². The molecule has 1 rings (SSSR count). The molecular formula is C15H24O. The zero-order chi connectivity index (χ0) is 12.1. The van der Waals surface area contributed by atoms with E-state index in [2.05, 4.69) is 32.1 Å². The van der Waals surface area contributed by atoms with Crippen LogP contribution in [-0.4, -0.2) is 11.2 Å². The van der Waals surface area contributed by atoms with Crippen LogP contribution in [0.4, 0.5) is 0 Å². The summed E-state index contributed by atoms with van der Waals surface area (Å²) in [4.78, 5) is 0. The number of aliphatic hydroxyl groups is 1. The van der Waals surface area contributed by atoms with Gasteiger partial charge in [-0.25, -0.2) is 0 Å². The van der Waals surface area contributed by atoms with Gasteiger partial charge in [0.05, 0.1) is 6.10 Å². The van der Waals surface area contributed by atoms with Crippen molar-refractivity contribution in [2.24, 2.45) is 11.8 Å². The second kappa shape index (κ2) is 6.05. The third kappa shape index (κ3) is 4.36. The molecular weight excluding hydrogens is 196 g/mol.